The molecule has 2 rings (SSSR count). The smallest absolute Gasteiger partial charge is 0.119 e. The van der Waals surface area contributed by atoms with Crippen LogP contribution < -0.4 is 27.2 Å². The average Bonchev–Trinajstić information content (AvgIpc) is 2.66. The molecule has 2 N–H and O–H groups in total. The van der Waals surface area contributed by atoms with Gasteiger partial charge in [0.15, 0.2) is 0 Å². The standard InChI is InChI=1S/C22H28N2O3.ClH/c1-22(2,14-18-6-8-20(26-3)9-7-18)24-15-19(25)16-27-21-10-4-17(5-11-21)12-13-23;/h4-11,19,24-25H,12,14-16H2,1-3H3;1H/p-1. The topological polar surface area (TPSA) is 74.5 Å². The lowest BCUT2D eigenvalue weighted by atomic mass is 9.94. The monoisotopic (exact) mass is 403 g/mol. The van der Waals surface area contributed by atoms with Crippen LogP contribution in [-0.4, -0.2) is 37.0 Å². The molecule has 0 aliphatic heterocycles. The lowest BCUT2D eigenvalue weighted by molar-refractivity contribution is -0.00000828. The lowest BCUT2D eigenvalue weighted by Gasteiger charge is -2.28. The summed E-state index contributed by atoms with van der Waals surface area (Å²) in [7, 11) is 1.66. The van der Waals surface area contributed by atoms with Crippen molar-refractivity contribution in [2.24, 2.45) is 0 Å². The van der Waals surface area contributed by atoms with Gasteiger partial charge in [-0.2, -0.15) is 5.26 Å². The Balaban J connectivity index is 0.00000392. The van der Waals surface area contributed by atoms with Crippen molar-refractivity contribution in [1.82, 2.24) is 5.32 Å². The molecule has 0 aromatic heterocycles. The fourth-order valence-electron chi connectivity index (χ4n) is 2.76. The molecule has 152 valence electrons. The molecule has 0 heterocycles. The van der Waals surface area contributed by atoms with Gasteiger partial charge in [-0.05, 0) is 55.7 Å². The van der Waals surface area contributed by atoms with Crippen LogP contribution in [0, 0.1) is 11.3 Å². The number of rotatable bonds is 10. The molecule has 1 unspecified atom stereocenters. The molecule has 0 bridgehead atoms. The fourth-order valence-corrected chi connectivity index (χ4v) is 2.76. The van der Waals surface area contributed by atoms with E-state index in [1.807, 2.05) is 36.4 Å². The highest BCUT2D eigenvalue weighted by atomic mass is 35.5. The number of halogens is 1. The predicted octanol–water partition coefficient (Wildman–Crippen LogP) is 0.116. The van der Waals surface area contributed by atoms with E-state index in [9.17, 15) is 5.11 Å². The quantitative estimate of drug-likeness (QED) is 0.589. The van der Waals surface area contributed by atoms with Gasteiger partial charge in [0.1, 0.15) is 24.2 Å². The molecule has 0 aliphatic rings. The molecule has 0 saturated carbocycles. The van der Waals surface area contributed by atoms with E-state index in [-0.39, 0.29) is 24.6 Å². The van der Waals surface area contributed by atoms with Gasteiger partial charge >= 0.3 is 0 Å². The van der Waals surface area contributed by atoms with Crippen molar-refractivity contribution < 1.29 is 27.0 Å². The summed E-state index contributed by atoms with van der Waals surface area (Å²) in [4.78, 5) is 0. The second-order valence-electron chi connectivity index (χ2n) is 7.23. The van der Waals surface area contributed by atoms with Gasteiger partial charge in [0.2, 0.25) is 0 Å². The summed E-state index contributed by atoms with van der Waals surface area (Å²) in [6, 6.07) is 17.5. The molecule has 1 atom stereocenters. The minimum absolute atomic E-state index is 0. The van der Waals surface area contributed by atoms with E-state index in [4.69, 9.17) is 14.7 Å². The van der Waals surface area contributed by atoms with Gasteiger partial charge in [0.25, 0.3) is 0 Å². The summed E-state index contributed by atoms with van der Waals surface area (Å²) in [5, 5.41) is 22.3. The summed E-state index contributed by atoms with van der Waals surface area (Å²) < 4.78 is 10.8. The Morgan fingerprint density at radius 1 is 1.04 bits per heavy atom. The molecule has 0 amide bonds. The number of nitriles is 1. The van der Waals surface area contributed by atoms with Crippen LogP contribution in [0.1, 0.15) is 25.0 Å². The Morgan fingerprint density at radius 3 is 2.18 bits per heavy atom. The Hall–Kier alpha value is -2.26. The van der Waals surface area contributed by atoms with E-state index in [0.717, 1.165) is 17.7 Å². The lowest BCUT2D eigenvalue weighted by Crippen LogP contribution is -3.00. The molecular formula is C22H28ClN2O3-. The first-order chi connectivity index (χ1) is 12.9. The number of hydrogen-bond acceptors (Lipinski definition) is 5. The van der Waals surface area contributed by atoms with Crippen molar-refractivity contribution >= 4 is 0 Å². The van der Waals surface area contributed by atoms with Crippen LogP contribution in [0.25, 0.3) is 0 Å². The first-order valence-corrected chi connectivity index (χ1v) is 9.06. The van der Waals surface area contributed by atoms with Crippen molar-refractivity contribution in [3.05, 3.63) is 59.7 Å². The third kappa shape index (κ3) is 8.18. The van der Waals surface area contributed by atoms with E-state index >= 15 is 0 Å². The minimum Gasteiger partial charge on any atom is -1.00 e. The molecule has 2 aromatic rings. The van der Waals surface area contributed by atoms with Gasteiger partial charge in [-0.1, -0.05) is 24.3 Å². The summed E-state index contributed by atoms with van der Waals surface area (Å²) in [5.74, 6) is 1.53. The van der Waals surface area contributed by atoms with Crippen LogP contribution in [0.4, 0.5) is 0 Å². The molecule has 0 spiro atoms. The molecular weight excluding hydrogens is 376 g/mol. The minimum atomic E-state index is -0.612. The summed E-state index contributed by atoms with van der Waals surface area (Å²) in [5.41, 5.74) is 2.00. The molecule has 5 nitrogen and oxygen atoms in total. The van der Waals surface area contributed by atoms with E-state index in [0.29, 0.717) is 18.7 Å². The van der Waals surface area contributed by atoms with E-state index in [2.05, 4.69) is 37.4 Å². The number of β-amino-alcohol motifs (C(OH)–C–C–N with tert-alkyl or cyclic N) is 1. The number of benzene rings is 2. The van der Waals surface area contributed by atoms with Gasteiger partial charge in [-0.25, -0.2) is 0 Å². The van der Waals surface area contributed by atoms with Crippen molar-refractivity contribution in [3.63, 3.8) is 0 Å². The second kappa shape index (κ2) is 11.6. The van der Waals surface area contributed by atoms with E-state index in [1.54, 1.807) is 7.11 Å². The maximum Gasteiger partial charge on any atom is 0.119 e. The van der Waals surface area contributed by atoms with Crippen molar-refractivity contribution in [2.45, 2.75) is 38.3 Å². The number of nitrogens with zero attached hydrogens (tertiary/aromatic N) is 1. The molecule has 0 aliphatic carbocycles. The van der Waals surface area contributed by atoms with Gasteiger partial charge < -0.3 is 32.3 Å². The van der Waals surface area contributed by atoms with Crippen molar-refractivity contribution in [2.75, 3.05) is 20.3 Å². The average molecular weight is 404 g/mol. The number of methoxy groups -OCH3 is 1. The third-order valence-electron chi connectivity index (χ3n) is 4.27. The molecule has 6 heteroatoms. The summed E-state index contributed by atoms with van der Waals surface area (Å²) in [6.07, 6.45) is 0.611. The van der Waals surface area contributed by atoms with Crippen LogP contribution in [0.2, 0.25) is 0 Å². The maximum absolute atomic E-state index is 10.2. The Labute approximate surface area is 173 Å². The molecule has 0 saturated heterocycles. The largest absolute Gasteiger partial charge is 1.00 e. The fraction of sp³-hybridized carbons (Fsp3) is 0.409. The highest BCUT2D eigenvalue weighted by Crippen LogP contribution is 2.17. The highest BCUT2D eigenvalue weighted by Gasteiger charge is 2.19. The first-order valence-electron chi connectivity index (χ1n) is 9.06. The van der Waals surface area contributed by atoms with Crippen LogP contribution in [-0.2, 0) is 12.8 Å². The Kier molecular flexibility index (Phi) is 9.81. The van der Waals surface area contributed by atoms with Crippen LogP contribution in [0.3, 0.4) is 0 Å². The summed E-state index contributed by atoms with van der Waals surface area (Å²) in [6.45, 7) is 4.87. The van der Waals surface area contributed by atoms with Crippen LogP contribution >= 0.6 is 0 Å². The predicted molar refractivity (Wildman–Crippen MR) is 106 cm³/mol. The Bertz CT molecular complexity index is 740. The first kappa shape index (κ1) is 23.8. The maximum atomic E-state index is 10.2. The number of aliphatic hydroxyl groups is 1. The highest BCUT2D eigenvalue weighted by molar-refractivity contribution is 5.29. The van der Waals surface area contributed by atoms with Crippen LogP contribution in [0.15, 0.2) is 48.5 Å². The number of aliphatic hydroxyl groups excluding tert-OH is 1. The van der Waals surface area contributed by atoms with Gasteiger partial charge in [-0.15, -0.1) is 0 Å². The SMILES string of the molecule is COc1ccc(CC(C)(C)NCC(O)COc2ccc(CC#N)cc2)cc1.[Cl-]. The number of ether oxygens (including phenoxy) is 2. The summed E-state index contributed by atoms with van der Waals surface area (Å²) >= 11 is 0. The zero-order valence-corrected chi connectivity index (χ0v) is 17.4. The third-order valence-corrected chi connectivity index (χ3v) is 4.27. The van der Waals surface area contributed by atoms with Gasteiger partial charge in [0.05, 0.1) is 19.6 Å². The van der Waals surface area contributed by atoms with Gasteiger partial charge in [-0.3, -0.25) is 0 Å². The second-order valence-corrected chi connectivity index (χ2v) is 7.23. The van der Waals surface area contributed by atoms with E-state index < -0.39 is 6.10 Å². The normalized spacial score (nSPS) is 11.8. The number of hydrogen-bond donors (Lipinski definition) is 2. The number of nitrogens with one attached hydrogen (secondary N) is 1. The zero-order chi connectivity index (χ0) is 19.7. The zero-order valence-electron chi connectivity index (χ0n) is 16.6. The molecule has 2 aromatic carbocycles. The van der Waals surface area contributed by atoms with Crippen molar-refractivity contribution in [1.29, 1.82) is 5.26 Å². The molecule has 28 heavy (non-hydrogen) atoms. The van der Waals surface area contributed by atoms with Gasteiger partial charge in [0, 0.05) is 12.1 Å². The van der Waals surface area contributed by atoms with Crippen molar-refractivity contribution in [3.8, 4) is 17.6 Å². The van der Waals surface area contributed by atoms with E-state index in [1.165, 1.54) is 5.56 Å². The molecule has 0 fully saturated rings. The van der Waals surface area contributed by atoms with Crippen LogP contribution in [0.5, 0.6) is 11.5 Å². The Morgan fingerprint density at radius 2 is 1.61 bits per heavy atom. The molecule has 0 radical (unpaired) electrons.